The largest absolute Gasteiger partial charge is 0.496 e. The average Bonchev–Trinajstić information content (AvgIpc) is 2.48. The van der Waals surface area contributed by atoms with Crippen LogP contribution in [0, 0.1) is 0 Å². The van der Waals surface area contributed by atoms with Gasteiger partial charge in [0, 0.05) is 5.02 Å². The smallest absolute Gasteiger partial charge is 0.349 e. The summed E-state index contributed by atoms with van der Waals surface area (Å²) in [6.45, 7) is 0. The lowest BCUT2D eigenvalue weighted by atomic mass is 10.2. The van der Waals surface area contributed by atoms with Crippen molar-refractivity contribution in [3.8, 4) is 5.75 Å². The molecule has 0 aromatic heterocycles. The van der Waals surface area contributed by atoms with Gasteiger partial charge in [-0.1, -0.05) is 29.8 Å². The first-order valence-corrected chi connectivity index (χ1v) is 6.14. The van der Waals surface area contributed by atoms with Crippen molar-refractivity contribution in [2.75, 3.05) is 7.11 Å². The minimum atomic E-state index is -0.807. The molecule has 2 aromatic carbocycles. The SMILES string of the molecule is COc1ccc(Cl)cc1C(=O)OC(=O)c1ccccc1. The fraction of sp³-hybridized carbons (Fsp3) is 0.0667. The van der Waals surface area contributed by atoms with Crippen molar-refractivity contribution in [3.63, 3.8) is 0 Å². The number of benzene rings is 2. The van der Waals surface area contributed by atoms with Crippen molar-refractivity contribution in [2.45, 2.75) is 0 Å². The molecular formula is C15H11ClO4. The normalized spacial score (nSPS) is 9.90. The molecule has 0 unspecified atom stereocenters. The molecule has 0 aliphatic heterocycles. The summed E-state index contributed by atoms with van der Waals surface area (Å²) in [5.41, 5.74) is 0.395. The van der Waals surface area contributed by atoms with E-state index < -0.39 is 11.9 Å². The molecule has 0 fully saturated rings. The molecule has 0 saturated heterocycles. The summed E-state index contributed by atoms with van der Waals surface area (Å²) in [6.07, 6.45) is 0. The molecule has 2 aromatic rings. The Labute approximate surface area is 120 Å². The average molecular weight is 291 g/mol. The van der Waals surface area contributed by atoms with E-state index >= 15 is 0 Å². The molecule has 102 valence electrons. The van der Waals surface area contributed by atoms with E-state index in [2.05, 4.69) is 0 Å². The number of ether oxygens (including phenoxy) is 2. The zero-order valence-corrected chi connectivity index (χ0v) is 11.4. The zero-order valence-electron chi connectivity index (χ0n) is 10.6. The molecule has 2 rings (SSSR count). The molecule has 0 spiro atoms. The van der Waals surface area contributed by atoms with Crippen molar-refractivity contribution in [2.24, 2.45) is 0 Å². The Morgan fingerprint density at radius 2 is 1.70 bits per heavy atom. The predicted octanol–water partition coefficient (Wildman–Crippen LogP) is 3.35. The summed E-state index contributed by atoms with van der Waals surface area (Å²) in [5.74, 6) is -1.24. The standard InChI is InChI=1S/C15H11ClO4/c1-19-13-8-7-11(16)9-12(13)15(18)20-14(17)10-5-3-2-4-6-10/h2-9H,1H3. The molecule has 0 saturated carbocycles. The Kier molecular flexibility index (Phi) is 4.38. The summed E-state index contributed by atoms with van der Waals surface area (Å²) < 4.78 is 9.84. The quantitative estimate of drug-likeness (QED) is 0.642. The number of carbonyl (C=O) groups excluding carboxylic acids is 2. The molecule has 0 atom stereocenters. The van der Waals surface area contributed by atoms with Crippen molar-refractivity contribution < 1.29 is 19.1 Å². The van der Waals surface area contributed by atoms with Crippen LogP contribution in [0.3, 0.4) is 0 Å². The number of rotatable bonds is 3. The van der Waals surface area contributed by atoms with E-state index in [1.54, 1.807) is 36.4 Å². The van der Waals surface area contributed by atoms with Gasteiger partial charge in [-0.05, 0) is 30.3 Å². The fourth-order valence-electron chi connectivity index (χ4n) is 1.61. The van der Waals surface area contributed by atoms with Crippen molar-refractivity contribution in [1.82, 2.24) is 0 Å². The molecule has 0 aliphatic rings. The third-order valence-corrected chi connectivity index (χ3v) is 2.81. The molecule has 20 heavy (non-hydrogen) atoms. The first kappa shape index (κ1) is 14.1. The fourth-order valence-corrected chi connectivity index (χ4v) is 1.78. The maximum atomic E-state index is 12.0. The number of methoxy groups -OCH3 is 1. The molecule has 0 N–H and O–H groups in total. The van der Waals surface area contributed by atoms with Gasteiger partial charge >= 0.3 is 11.9 Å². The lowest BCUT2D eigenvalue weighted by Gasteiger charge is -2.08. The van der Waals surface area contributed by atoms with Crippen LogP contribution in [0.25, 0.3) is 0 Å². The van der Waals surface area contributed by atoms with E-state index in [9.17, 15) is 9.59 Å². The molecule has 5 heteroatoms. The second-order valence-electron chi connectivity index (χ2n) is 3.89. The maximum Gasteiger partial charge on any atom is 0.349 e. The second-order valence-corrected chi connectivity index (χ2v) is 4.32. The van der Waals surface area contributed by atoms with Crippen LogP contribution in [-0.2, 0) is 4.74 Å². The molecule has 0 heterocycles. The van der Waals surface area contributed by atoms with Crippen LogP contribution in [0.15, 0.2) is 48.5 Å². The van der Waals surface area contributed by atoms with E-state index in [1.807, 2.05) is 0 Å². The third-order valence-electron chi connectivity index (χ3n) is 2.58. The van der Waals surface area contributed by atoms with Crippen LogP contribution < -0.4 is 4.74 Å². The van der Waals surface area contributed by atoms with Crippen molar-refractivity contribution in [1.29, 1.82) is 0 Å². The third kappa shape index (κ3) is 3.16. The summed E-state index contributed by atoms with van der Waals surface area (Å²) >= 11 is 5.82. The Balaban J connectivity index is 2.21. The molecule has 0 aliphatic carbocycles. The number of halogens is 1. The van der Waals surface area contributed by atoms with Crippen LogP contribution in [0.1, 0.15) is 20.7 Å². The molecule has 0 radical (unpaired) electrons. The van der Waals surface area contributed by atoms with E-state index in [1.165, 1.54) is 19.2 Å². The van der Waals surface area contributed by atoms with E-state index in [-0.39, 0.29) is 5.56 Å². The maximum absolute atomic E-state index is 12.0. The lowest BCUT2D eigenvalue weighted by Crippen LogP contribution is -2.13. The highest BCUT2D eigenvalue weighted by atomic mass is 35.5. The number of hydrogen-bond acceptors (Lipinski definition) is 4. The Morgan fingerprint density at radius 1 is 1.00 bits per heavy atom. The minimum Gasteiger partial charge on any atom is -0.496 e. The number of carbonyl (C=O) groups is 2. The highest BCUT2D eigenvalue weighted by Gasteiger charge is 2.18. The Bertz CT molecular complexity index is 638. The van der Waals surface area contributed by atoms with Crippen LogP contribution in [0.4, 0.5) is 0 Å². The first-order valence-electron chi connectivity index (χ1n) is 5.77. The topological polar surface area (TPSA) is 52.6 Å². The van der Waals surface area contributed by atoms with E-state index in [0.717, 1.165) is 0 Å². The summed E-state index contributed by atoms with van der Waals surface area (Å²) in [4.78, 5) is 23.8. The van der Waals surface area contributed by atoms with Gasteiger partial charge in [0.15, 0.2) is 0 Å². The Morgan fingerprint density at radius 3 is 2.35 bits per heavy atom. The summed E-state index contributed by atoms with van der Waals surface area (Å²) in [5, 5.41) is 0.352. The van der Waals surface area contributed by atoms with Crippen molar-refractivity contribution in [3.05, 3.63) is 64.7 Å². The van der Waals surface area contributed by atoms with Crippen LogP contribution in [-0.4, -0.2) is 19.0 Å². The van der Waals surface area contributed by atoms with Crippen molar-refractivity contribution >= 4 is 23.5 Å². The van der Waals surface area contributed by atoms with Gasteiger partial charge < -0.3 is 9.47 Å². The molecule has 4 nitrogen and oxygen atoms in total. The molecule has 0 bridgehead atoms. The van der Waals surface area contributed by atoms with Crippen LogP contribution in [0.5, 0.6) is 5.75 Å². The van der Waals surface area contributed by atoms with Crippen LogP contribution in [0.2, 0.25) is 5.02 Å². The second kappa shape index (κ2) is 6.21. The molecule has 0 amide bonds. The zero-order chi connectivity index (χ0) is 14.5. The minimum absolute atomic E-state index is 0.101. The van der Waals surface area contributed by atoms with Gasteiger partial charge in [-0.15, -0.1) is 0 Å². The van der Waals surface area contributed by atoms with Gasteiger partial charge in [0.2, 0.25) is 0 Å². The number of esters is 2. The number of hydrogen-bond donors (Lipinski definition) is 0. The van der Waals surface area contributed by atoms with Gasteiger partial charge in [0.1, 0.15) is 11.3 Å². The summed E-state index contributed by atoms with van der Waals surface area (Å²) in [6, 6.07) is 12.7. The Hall–Kier alpha value is -2.33. The monoisotopic (exact) mass is 290 g/mol. The van der Waals surface area contributed by atoms with E-state index in [4.69, 9.17) is 21.1 Å². The van der Waals surface area contributed by atoms with E-state index in [0.29, 0.717) is 16.3 Å². The van der Waals surface area contributed by atoms with Gasteiger partial charge in [0.25, 0.3) is 0 Å². The first-order chi connectivity index (χ1) is 9.61. The van der Waals surface area contributed by atoms with Gasteiger partial charge in [0.05, 0.1) is 12.7 Å². The van der Waals surface area contributed by atoms with Gasteiger partial charge in [-0.3, -0.25) is 0 Å². The summed E-state index contributed by atoms with van der Waals surface area (Å²) in [7, 11) is 1.42. The van der Waals surface area contributed by atoms with Gasteiger partial charge in [-0.25, -0.2) is 9.59 Å². The lowest BCUT2D eigenvalue weighted by molar-refractivity contribution is 0.0396. The molecular weight excluding hydrogens is 280 g/mol. The highest BCUT2D eigenvalue weighted by Crippen LogP contribution is 2.23. The predicted molar refractivity (Wildman–Crippen MR) is 74.2 cm³/mol. The highest BCUT2D eigenvalue weighted by molar-refractivity contribution is 6.31. The van der Waals surface area contributed by atoms with Crippen LogP contribution >= 0.6 is 11.6 Å². The van der Waals surface area contributed by atoms with Gasteiger partial charge in [-0.2, -0.15) is 0 Å².